The average molecular weight is 334 g/mol. The lowest BCUT2D eigenvalue weighted by atomic mass is 10.2. The minimum Gasteiger partial charge on any atom is -0.489 e. The van der Waals surface area contributed by atoms with Crippen LogP contribution in [-0.4, -0.2) is 6.54 Å². The topological polar surface area (TPSA) is 21.3 Å². The third-order valence-corrected chi connectivity index (χ3v) is 3.75. The van der Waals surface area contributed by atoms with E-state index in [1.807, 2.05) is 30.3 Å². The number of hydrogen-bond acceptors (Lipinski definition) is 2. The number of benzene rings is 2. The van der Waals surface area contributed by atoms with Crippen molar-refractivity contribution in [2.24, 2.45) is 0 Å². The molecule has 0 saturated carbocycles. The number of nitrogens with one attached hydrogen (secondary N) is 1. The molecule has 0 aliphatic rings. The fraction of sp³-hybridized carbons (Fsp3) is 0.294. The van der Waals surface area contributed by atoms with Crippen molar-refractivity contribution in [1.29, 1.82) is 0 Å². The molecule has 0 radical (unpaired) electrons. The molecule has 1 N–H and O–H groups in total. The highest BCUT2D eigenvalue weighted by Crippen LogP contribution is 2.23. The minimum absolute atomic E-state index is 0.598. The highest BCUT2D eigenvalue weighted by atomic mass is 79.9. The van der Waals surface area contributed by atoms with Crippen molar-refractivity contribution >= 4 is 15.9 Å². The second-order valence-electron chi connectivity index (χ2n) is 4.70. The Labute approximate surface area is 129 Å². The lowest BCUT2D eigenvalue weighted by Crippen LogP contribution is -2.14. The Hall–Kier alpha value is -1.32. The average Bonchev–Trinajstić information content (AvgIpc) is 2.48. The molecular formula is C17H20BrNO. The monoisotopic (exact) mass is 333 g/mol. The van der Waals surface area contributed by atoms with E-state index in [4.69, 9.17) is 4.74 Å². The molecule has 0 aliphatic heterocycles. The van der Waals surface area contributed by atoms with Gasteiger partial charge < -0.3 is 10.1 Å². The molecular weight excluding hydrogens is 314 g/mol. The predicted octanol–water partition coefficient (Wildman–Crippen LogP) is 4.53. The summed E-state index contributed by atoms with van der Waals surface area (Å²) in [6.45, 7) is 4.69. The summed E-state index contributed by atoms with van der Waals surface area (Å²) in [5, 5.41) is 3.40. The molecule has 0 amide bonds. The second kappa shape index (κ2) is 8.08. The summed E-state index contributed by atoms with van der Waals surface area (Å²) in [6, 6.07) is 16.4. The fourth-order valence-corrected chi connectivity index (χ4v) is 2.40. The van der Waals surface area contributed by atoms with Gasteiger partial charge in [-0.2, -0.15) is 0 Å². The van der Waals surface area contributed by atoms with Crippen LogP contribution in [0.25, 0.3) is 0 Å². The van der Waals surface area contributed by atoms with Gasteiger partial charge in [0.15, 0.2) is 0 Å². The molecule has 0 fully saturated rings. The third kappa shape index (κ3) is 4.66. The van der Waals surface area contributed by atoms with Gasteiger partial charge in [-0.3, -0.25) is 0 Å². The van der Waals surface area contributed by atoms with Crippen LogP contribution in [0.2, 0.25) is 0 Å². The van der Waals surface area contributed by atoms with E-state index in [2.05, 4.69) is 46.4 Å². The Balaban J connectivity index is 1.91. The van der Waals surface area contributed by atoms with Crippen molar-refractivity contribution in [3.63, 3.8) is 0 Å². The van der Waals surface area contributed by atoms with Gasteiger partial charge in [-0.1, -0.05) is 59.3 Å². The van der Waals surface area contributed by atoms with Crippen molar-refractivity contribution in [3.05, 3.63) is 64.1 Å². The van der Waals surface area contributed by atoms with E-state index in [0.29, 0.717) is 6.61 Å². The molecule has 3 heteroatoms. The standard InChI is InChI=1S/C17H20BrNO/c1-2-10-19-12-15-8-9-16(11-17(15)18)20-13-14-6-4-3-5-7-14/h3-9,11,19H,2,10,12-13H2,1H3. The summed E-state index contributed by atoms with van der Waals surface area (Å²) in [5.41, 5.74) is 2.43. The van der Waals surface area contributed by atoms with Crippen LogP contribution in [0.1, 0.15) is 24.5 Å². The smallest absolute Gasteiger partial charge is 0.120 e. The lowest BCUT2D eigenvalue weighted by Gasteiger charge is -2.10. The van der Waals surface area contributed by atoms with E-state index < -0.39 is 0 Å². The number of rotatable bonds is 7. The van der Waals surface area contributed by atoms with Gasteiger partial charge >= 0.3 is 0 Å². The van der Waals surface area contributed by atoms with Gasteiger partial charge in [0.05, 0.1) is 0 Å². The van der Waals surface area contributed by atoms with Crippen LogP contribution >= 0.6 is 15.9 Å². The molecule has 0 saturated heterocycles. The van der Waals surface area contributed by atoms with E-state index in [-0.39, 0.29) is 0 Å². The third-order valence-electron chi connectivity index (χ3n) is 3.02. The maximum Gasteiger partial charge on any atom is 0.120 e. The first kappa shape index (κ1) is 15.1. The summed E-state index contributed by atoms with van der Waals surface area (Å²) in [4.78, 5) is 0. The molecule has 106 valence electrons. The van der Waals surface area contributed by atoms with Gasteiger partial charge in [0.25, 0.3) is 0 Å². The lowest BCUT2D eigenvalue weighted by molar-refractivity contribution is 0.306. The van der Waals surface area contributed by atoms with E-state index in [1.165, 1.54) is 11.1 Å². The van der Waals surface area contributed by atoms with Gasteiger partial charge in [-0.15, -0.1) is 0 Å². The highest BCUT2D eigenvalue weighted by Gasteiger charge is 2.02. The molecule has 2 aromatic rings. The molecule has 0 bridgehead atoms. The Kier molecular flexibility index (Phi) is 6.09. The van der Waals surface area contributed by atoms with E-state index in [0.717, 1.165) is 29.7 Å². The Bertz CT molecular complexity index is 528. The Morgan fingerprint density at radius 3 is 2.60 bits per heavy atom. The van der Waals surface area contributed by atoms with Crippen molar-refractivity contribution in [3.8, 4) is 5.75 Å². The SMILES string of the molecule is CCCNCc1ccc(OCc2ccccc2)cc1Br. The maximum absolute atomic E-state index is 5.80. The van der Waals surface area contributed by atoms with Gasteiger partial charge in [-0.25, -0.2) is 0 Å². The van der Waals surface area contributed by atoms with Crippen molar-refractivity contribution in [1.82, 2.24) is 5.32 Å². The maximum atomic E-state index is 5.80. The molecule has 0 heterocycles. The quantitative estimate of drug-likeness (QED) is 0.751. The first-order valence-corrected chi connectivity index (χ1v) is 7.74. The van der Waals surface area contributed by atoms with E-state index >= 15 is 0 Å². The number of ether oxygens (including phenoxy) is 1. The molecule has 0 atom stereocenters. The van der Waals surface area contributed by atoms with Gasteiger partial charge in [0, 0.05) is 11.0 Å². The van der Waals surface area contributed by atoms with E-state index in [9.17, 15) is 0 Å². The zero-order valence-corrected chi connectivity index (χ0v) is 13.3. The van der Waals surface area contributed by atoms with Crippen molar-refractivity contribution in [2.75, 3.05) is 6.54 Å². The first-order valence-electron chi connectivity index (χ1n) is 6.95. The summed E-state index contributed by atoms with van der Waals surface area (Å²) in [7, 11) is 0. The molecule has 20 heavy (non-hydrogen) atoms. The van der Waals surface area contributed by atoms with Crippen LogP contribution in [0.4, 0.5) is 0 Å². The van der Waals surface area contributed by atoms with Gasteiger partial charge in [-0.05, 0) is 36.2 Å². The van der Waals surface area contributed by atoms with E-state index in [1.54, 1.807) is 0 Å². The molecule has 0 aromatic heterocycles. The Morgan fingerprint density at radius 1 is 1.10 bits per heavy atom. The normalized spacial score (nSPS) is 10.5. The summed E-state index contributed by atoms with van der Waals surface area (Å²) in [5.74, 6) is 0.889. The largest absolute Gasteiger partial charge is 0.489 e. The Morgan fingerprint density at radius 2 is 1.90 bits per heavy atom. The molecule has 2 rings (SSSR count). The van der Waals surface area contributed by atoms with Crippen LogP contribution in [0, 0.1) is 0 Å². The minimum atomic E-state index is 0.598. The highest BCUT2D eigenvalue weighted by molar-refractivity contribution is 9.10. The molecule has 2 aromatic carbocycles. The molecule has 0 aliphatic carbocycles. The van der Waals surface area contributed by atoms with Crippen molar-refractivity contribution < 1.29 is 4.74 Å². The zero-order chi connectivity index (χ0) is 14.2. The van der Waals surface area contributed by atoms with Crippen molar-refractivity contribution in [2.45, 2.75) is 26.5 Å². The fourth-order valence-electron chi connectivity index (χ4n) is 1.90. The predicted molar refractivity (Wildman–Crippen MR) is 86.9 cm³/mol. The molecule has 0 unspecified atom stereocenters. The van der Waals surface area contributed by atoms with Crippen LogP contribution in [0.5, 0.6) is 5.75 Å². The van der Waals surface area contributed by atoms with Crippen LogP contribution < -0.4 is 10.1 Å². The van der Waals surface area contributed by atoms with Crippen LogP contribution in [0.15, 0.2) is 53.0 Å². The van der Waals surface area contributed by atoms with Crippen LogP contribution in [-0.2, 0) is 13.2 Å². The summed E-state index contributed by atoms with van der Waals surface area (Å²) < 4.78 is 6.89. The number of halogens is 1. The first-order chi connectivity index (χ1) is 9.79. The molecule has 2 nitrogen and oxygen atoms in total. The van der Waals surface area contributed by atoms with Gasteiger partial charge in [0.2, 0.25) is 0 Å². The molecule has 0 spiro atoms. The van der Waals surface area contributed by atoms with Crippen LogP contribution in [0.3, 0.4) is 0 Å². The summed E-state index contributed by atoms with van der Waals surface area (Å²) >= 11 is 3.61. The van der Waals surface area contributed by atoms with Gasteiger partial charge in [0.1, 0.15) is 12.4 Å². The summed E-state index contributed by atoms with van der Waals surface area (Å²) in [6.07, 6.45) is 1.15. The second-order valence-corrected chi connectivity index (χ2v) is 5.56. The zero-order valence-electron chi connectivity index (χ0n) is 11.7. The number of hydrogen-bond donors (Lipinski definition) is 1.